The highest BCUT2D eigenvalue weighted by atomic mass is 127. The van der Waals surface area contributed by atoms with Crippen LogP contribution >= 0.6 is 22.6 Å². The van der Waals surface area contributed by atoms with Crippen LogP contribution < -0.4 is 0 Å². The second kappa shape index (κ2) is 2.69. The highest BCUT2D eigenvalue weighted by Crippen LogP contribution is 2.33. The molecule has 0 aliphatic carbocycles. The molecular formula is C5H11IO3. The molecule has 0 aromatic heterocycles. The van der Waals surface area contributed by atoms with Gasteiger partial charge in [-0.3, -0.25) is 0 Å². The third kappa shape index (κ3) is 2.37. The Hall–Kier alpha value is 0.610. The monoisotopic (exact) mass is 246 g/mol. The van der Waals surface area contributed by atoms with Crippen molar-refractivity contribution in [3.05, 3.63) is 0 Å². The van der Waals surface area contributed by atoms with Crippen molar-refractivity contribution in [2.24, 2.45) is 5.41 Å². The molecule has 0 rings (SSSR count). The van der Waals surface area contributed by atoms with Gasteiger partial charge in [0.1, 0.15) is 0 Å². The molecule has 0 unspecified atom stereocenters. The molecule has 0 bridgehead atoms. The summed E-state index contributed by atoms with van der Waals surface area (Å²) in [5.74, 6) is 0. The fourth-order valence-electron chi connectivity index (χ4n) is 0.101. The number of aliphatic hydroxyl groups excluding tert-OH is 1. The van der Waals surface area contributed by atoms with E-state index in [1.165, 1.54) is 22.6 Å². The number of rotatable bonds is 2. The van der Waals surface area contributed by atoms with E-state index in [4.69, 9.17) is 15.3 Å². The lowest BCUT2D eigenvalue weighted by atomic mass is 9.94. The number of hydrogen-bond acceptors (Lipinski definition) is 3. The molecule has 0 saturated carbocycles. The summed E-state index contributed by atoms with van der Waals surface area (Å²) in [5, 5.41) is 26.5. The molecule has 0 aliphatic rings. The molecule has 4 heteroatoms. The SMILES string of the molecule is CC(C)(CO)C(O)(O)I. The molecule has 0 spiro atoms. The maximum atomic E-state index is 8.93. The zero-order valence-electron chi connectivity index (χ0n) is 5.43. The van der Waals surface area contributed by atoms with Crippen LogP contribution in [0, 0.1) is 5.41 Å². The van der Waals surface area contributed by atoms with Crippen molar-refractivity contribution >= 4 is 22.6 Å². The standard InChI is InChI=1S/C5H11IO3/c1-4(2,3-7)5(6,8)9/h7-9H,3H2,1-2H3. The molecule has 0 atom stereocenters. The number of alkyl halides is 1. The van der Waals surface area contributed by atoms with Gasteiger partial charge in [-0.15, -0.1) is 0 Å². The van der Waals surface area contributed by atoms with Gasteiger partial charge in [-0.25, -0.2) is 0 Å². The molecule has 0 aromatic rings. The first-order valence-corrected chi connectivity index (χ1v) is 3.63. The largest absolute Gasteiger partial charge is 0.396 e. The molecule has 0 fully saturated rings. The Morgan fingerprint density at radius 2 is 1.67 bits per heavy atom. The van der Waals surface area contributed by atoms with Gasteiger partial charge in [0.15, 0.2) is 0 Å². The van der Waals surface area contributed by atoms with Crippen molar-refractivity contribution in [3.63, 3.8) is 0 Å². The fraction of sp³-hybridized carbons (Fsp3) is 1.00. The van der Waals surface area contributed by atoms with Crippen LogP contribution in [0.1, 0.15) is 13.8 Å². The molecule has 9 heavy (non-hydrogen) atoms. The molecule has 3 N–H and O–H groups in total. The van der Waals surface area contributed by atoms with Gasteiger partial charge < -0.3 is 15.3 Å². The van der Waals surface area contributed by atoms with Crippen LogP contribution in [-0.2, 0) is 0 Å². The smallest absolute Gasteiger partial charge is 0.223 e. The average molecular weight is 246 g/mol. The van der Waals surface area contributed by atoms with Gasteiger partial charge in [0.25, 0.3) is 0 Å². The minimum atomic E-state index is -1.83. The number of aliphatic hydroxyl groups is 3. The van der Waals surface area contributed by atoms with Crippen molar-refractivity contribution in [3.8, 4) is 0 Å². The molecular weight excluding hydrogens is 235 g/mol. The summed E-state index contributed by atoms with van der Waals surface area (Å²) in [6, 6.07) is 0. The maximum absolute atomic E-state index is 8.93. The van der Waals surface area contributed by atoms with Gasteiger partial charge in [0.05, 0.1) is 12.0 Å². The van der Waals surface area contributed by atoms with Gasteiger partial charge in [0, 0.05) is 0 Å². The molecule has 0 radical (unpaired) electrons. The van der Waals surface area contributed by atoms with Gasteiger partial charge in [-0.2, -0.15) is 0 Å². The molecule has 0 amide bonds. The Labute approximate surface area is 67.8 Å². The average Bonchev–Trinajstić information content (AvgIpc) is 1.64. The molecule has 56 valence electrons. The van der Waals surface area contributed by atoms with E-state index in [-0.39, 0.29) is 6.61 Å². The highest BCUT2D eigenvalue weighted by molar-refractivity contribution is 14.1. The summed E-state index contributed by atoms with van der Waals surface area (Å²) in [7, 11) is 0. The summed E-state index contributed by atoms with van der Waals surface area (Å²) in [5.41, 5.74) is -0.868. The lowest BCUT2D eigenvalue weighted by molar-refractivity contribution is -0.152. The van der Waals surface area contributed by atoms with E-state index in [1.54, 1.807) is 13.8 Å². The lowest BCUT2D eigenvalue weighted by Gasteiger charge is -2.31. The summed E-state index contributed by atoms with van der Waals surface area (Å²) in [6.45, 7) is 2.89. The Morgan fingerprint density at radius 1 is 1.33 bits per heavy atom. The van der Waals surface area contributed by atoms with Crippen LogP contribution in [0.5, 0.6) is 0 Å². The van der Waals surface area contributed by atoms with Crippen molar-refractivity contribution in [1.82, 2.24) is 0 Å². The van der Waals surface area contributed by atoms with Gasteiger partial charge in [0.2, 0.25) is 3.79 Å². The normalized spacial score (nSPS) is 14.0. The van der Waals surface area contributed by atoms with Crippen LogP contribution in [-0.4, -0.2) is 25.7 Å². The van der Waals surface area contributed by atoms with Crippen molar-refractivity contribution in [2.45, 2.75) is 17.6 Å². The minimum Gasteiger partial charge on any atom is -0.396 e. The van der Waals surface area contributed by atoms with Crippen molar-refractivity contribution in [2.75, 3.05) is 6.61 Å². The summed E-state index contributed by atoms with van der Waals surface area (Å²) < 4.78 is -1.83. The number of hydrogen-bond donors (Lipinski definition) is 3. The van der Waals surface area contributed by atoms with Crippen molar-refractivity contribution in [1.29, 1.82) is 0 Å². The fourth-order valence-corrected chi connectivity index (χ4v) is 0.271. The van der Waals surface area contributed by atoms with Gasteiger partial charge in [-0.05, 0) is 22.6 Å². The summed E-state index contributed by atoms with van der Waals surface area (Å²) >= 11 is 1.47. The van der Waals surface area contributed by atoms with Crippen LogP contribution in [0.4, 0.5) is 0 Å². The number of halogens is 1. The molecule has 0 aliphatic heterocycles. The van der Waals surface area contributed by atoms with Crippen molar-refractivity contribution < 1.29 is 15.3 Å². The second-order valence-electron chi connectivity index (χ2n) is 2.63. The van der Waals surface area contributed by atoms with E-state index in [2.05, 4.69) is 0 Å². The summed E-state index contributed by atoms with van der Waals surface area (Å²) in [6.07, 6.45) is 0. The lowest BCUT2D eigenvalue weighted by Crippen LogP contribution is -2.41. The zero-order chi connectivity index (χ0) is 7.71. The van der Waals surface area contributed by atoms with Gasteiger partial charge in [-0.1, -0.05) is 13.8 Å². The third-order valence-electron chi connectivity index (χ3n) is 1.26. The van der Waals surface area contributed by atoms with E-state index in [1.807, 2.05) is 0 Å². The molecule has 3 nitrogen and oxygen atoms in total. The predicted octanol–water partition coefficient (Wildman–Crippen LogP) is 0.0783. The van der Waals surface area contributed by atoms with E-state index >= 15 is 0 Å². The summed E-state index contributed by atoms with van der Waals surface area (Å²) in [4.78, 5) is 0. The van der Waals surface area contributed by atoms with E-state index in [9.17, 15) is 0 Å². The highest BCUT2D eigenvalue weighted by Gasteiger charge is 2.38. The first kappa shape index (κ1) is 9.61. The third-order valence-corrected chi connectivity index (χ3v) is 2.72. The second-order valence-corrected chi connectivity index (χ2v) is 4.13. The van der Waals surface area contributed by atoms with E-state index in [0.29, 0.717) is 0 Å². The Morgan fingerprint density at radius 3 is 1.67 bits per heavy atom. The quantitative estimate of drug-likeness (QED) is 0.367. The van der Waals surface area contributed by atoms with E-state index < -0.39 is 9.21 Å². The topological polar surface area (TPSA) is 60.7 Å². The first-order valence-electron chi connectivity index (χ1n) is 2.56. The van der Waals surface area contributed by atoms with Crippen LogP contribution in [0.25, 0.3) is 0 Å². The zero-order valence-corrected chi connectivity index (χ0v) is 7.58. The first-order chi connectivity index (χ1) is 3.81. The van der Waals surface area contributed by atoms with E-state index in [0.717, 1.165) is 0 Å². The van der Waals surface area contributed by atoms with Crippen LogP contribution in [0.15, 0.2) is 0 Å². The molecule has 0 aromatic carbocycles. The minimum absolute atomic E-state index is 0.247. The maximum Gasteiger partial charge on any atom is 0.223 e. The molecule has 0 saturated heterocycles. The predicted molar refractivity (Wildman–Crippen MR) is 42.1 cm³/mol. The Kier molecular flexibility index (Phi) is 2.87. The Balaban J connectivity index is 4.14. The molecule has 0 heterocycles. The van der Waals surface area contributed by atoms with Crippen LogP contribution in [0.2, 0.25) is 0 Å². The van der Waals surface area contributed by atoms with Crippen LogP contribution in [0.3, 0.4) is 0 Å². The van der Waals surface area contributed by atoms with Gasteiger partial charge >= 0.3 is 0 Å². The Bertz CT molecular complexity index is 94.9.